The molecular weight excluding hydrogens is 617 g/mol. The van der Waals surface area contributed by atoms with Crippen LogP contribution in [0.3, 0.4) is 0 Å². The molecule has 46 heavy (non-hydrogen) atoms. The number of aliphatic carboxylic acids is 1. The number of carboxylic acids is 1. The van der Waals surface area contributed by atoms with Gasteiger partial charge in [-0.25, -0.2) is 9.36 Å². The molecule has 0 aromatic heterocycles. The first kappa shape index (κ1) is 43.9. The number of carbonyl (C=O) groups excluding carboxylic acids is 3. The highest BCUT2D eigenvalue weighted by molar-refractivity contribution is 7.47. The fourth-order valence-electron chi connectivity index (χ4n) is 4.64. The Hall–Kier alpha value is -2.11. The first-order valence-electron chi connectivity index (χ1n) is 17.2. The molecule has 0 fully saturated rings. The van der Waals surface area contributed by atoms with Crippen molar-refractivity contribution in [3.8, 4) is 0 Å². The third kappa shape index (κ3) is 30.5. The third-order valence-corrected chi connectivity index (χ3v) is 8.21. The highest BCUT2D eigenvalue weighted by Gasteiger charge is 2.26. The summed E-state index contributed by atoms with van der Waals surface area (Å²) in [5.41, 5.74) is 5.29. The van der Waals surface area contributed by atoms with Crippen molar-refractivity contribution in [1.82, 2.24) is 0 Å². The number of nitrogens with two attached hydrogens (primary N) is 1. The zero-order chi connectivity index (χ0) is 34.3. The van der Waals surface area contributed by atoms with Gasteiger partial charge in [0.05, 0.1) is 13.2 Å². The molecule has 4 N–H and O–H groups in total. The minimum atomic E-state index is -4.42. The van der Waals surface area contributed by atoms with Crippen molar-refractivity contribution in [2.24, 2.45) is 5.73 Å². The zero-order valence-electron chi connectivity index (χ0n) is 28.0. The quantitative estimate of drug-likeness (QED) is 0.0281. The van der Waals surface area contributed by atoms with E-state index in [1.165, 1.54) is 57.8 Å². The van der Waals surface area contributed by atoms with E-state index in [0.29, 0.717) is 25.7 Å². The van der Waals surface area contributed by atoms with Gasteiger partial charge in [-0.05, 0) is 25.3 Å². The van der Waals surface area contributed by atoms with Crippen LogP contribution in [0.4, 0.5) is 0 Å². The van der Waals surface area contributed by atoms with E-state index in [9.17, 15) is 28.6 Å². The van der Waals surface area contributed by atoms with Crippen molar-refractivity contribution in [3.05, 3.63) is 12.2 Å². The van der Waals surface area contributed by atoms with E-state index in [1.807, 2.05) is 0 Å². The van der Waals surface area contributed by atoms with Crippen LogP contribution in [0.1, 0.15) is 142 Å². The second kappa shape index (κ2) is 30.2. The highest BCUT2D eigenvalue weighted by atomic mass is 31.2. The molecule has 0 radical (unpaired) electrons. The number of hydrogen-bond donors (Lipinski definition) is 3. The van der Waals surface area contributed by atoms with E-state index in [-0.39, 0.29) is 44.8 Å². The molecule has 0 saturated heterocycles. The van der Waals surface area contributed by atoms with Crippen molar-refractivity contribution in [3.63, 3.8) is 0 Å². The van der Waals surface area contributed by atoms with Gasteiger partial charge < -0.3 is 25.2 Å². The van der Waals surface area contributed by atoms with Gasteiger partial charge in [-0.2, -0.15) is 0 Å². The topological polar surface area (TPSA) is 189 Å². The van der Waals surface area contributed by atoms with Crippen LogP contribution in [-0.2, 0) is 42.3 Å². The maximum absolute atomic E-state index is 12.4. The largest absolute Gasteiger partial charge is 0.478 e. The minimum absolute atomic E-state index is 0.0151. The lowest BCUT2D eigenvalue weighted by Gasteiger charge is -2.19. The van der Waals surface area contributed by atoms with Gasteiger partial charge in [-0.3, -0.25) is 23.4 Å². The second-order valence-corrected chi connectivity index (χ2v) is 13.0. The number of ketones is 1. The van der Waals surface area contributed by atoms with E-state index in [2.05, 4.69) is 6.92 Å². The Morgan fingerprint density at radius 1 is 0.674 bits per heavy atom. The van der Waals surface area contributed by atoms with E-state index >= 15 is 0 Å². The molecule has 0 bridgehead atoms. The maximum Gasteiger partial charge on any atom is 0.472 e. The number of unbranched alkanes of at least 4 members (excludes halogenated alkanes) is 16. The average molecular weight is 678 g/mol. The van der Waals surface area contributed by atoms with Crippen LogP contribution in [0.2, 0.25) is 0 Å². The Morgan fingerprint density at radius 2 is 1.15 bits per heavy atom. The molecule has 0 heterocycles. The summed E-state index contributed by atoms with van der Waals surface area (Å²) in [6.45, 7) is 1.24. The number of phosphoric ester groups is 1. The molecule has 268 valence electrons. The number of rotatable bonds is 33. The predicted molar refractivity (Wildman–Crippen MR) is 176 cm³/mol. The number of esters is 2. The summed E-state index contributed by atoms with van der Waals surface area (Å²) in [4.78, 5) is 56.5. The number of carboxylic acid groups (broad SMARTS) is 1. The van der Waals surface area contributed by atoms with Gasteiger partial charge in [0.1, 0.15) is 6.61 Å². The van der Waals surface area contributed by atoms with Gasteiger partial charge in [0.2, 0.25) is 0 Å². The van der Waals surface area contributed by atoms with Crippen molar-refractivity contribution in [1.29, 1.82) is 0 Å². The number of allylic oxidation sites excluding steroid dienone is 1. The third-order valence-electron chi connectivity index (χ3n) is 7.22. The molecule has 0 aromatic rings. The lowest BCUT2D eigenvalue weighted by molar-refractivity contribution is -0.161. The van der Waals surface area contributed by atoms with E-state index < -0.39 is 38.4 Å². The standard InChI is InChI=1S/C33H60NO11P/c1-2-3-4-5-6-7-8-9-10-11-12-15-18-21-32(38)42-27-30(28-44-46(40,41)43-26-25-34)45-33(39)22-19-16-13-14-17-20-29(35)23-24-31(36)37/h23-24,30H,2-22,25-28,34H2,1H3,(H,36,37)(H,40,41)/b24-23+. The van der Waals surface area contributed by atoms with Crippen molar-refractivity contribution < 1.29 is 52.3 Å². The molecule has 0 amide bonds. The van der Waals surface area contributed by atoms with Gasteiger partial charge >= 0.3 is 25.7 Å². The SMILES string of the molecule is CCCCCCCCCCCCCCCC(=O)OCC(COP(=O)(O)OCCN)OC(=O)CCCCCCCC(=O)/C=C/C(=O)O. The monoisotopic (exact) mass is 677 g/mol. The van der Waals surface area contributed by atoms with Gasteiger partial charge in [0, 0.05) is 31.9 Å². The van der Waals surface area contributed by atoms with Crippen LogP contribution in [0.5, 0.6) is 0 Å². The maximum atomic E-state index is 12.4. The number of hydrogen-bond acceptors (Lipinski definition) is 10. The Balaban J connectivity index is 4.31. The predicted octanol–water partition coefficient (Wildman–Crippen LogP) is 6.96. The summed E-state index contributed by atoms with van der Waals surface area (Å²) < 4.78 is 32.3. The molecule has 0 spiro atoms. The summed E-state index contributed by atoms with van der Waals surface area (Å²) in [7, 11) is -4.42. The lowest BCUT2D eigenvalue weighted by atomic mass is 10.0. The minimum Gasteiger partial charge on any atom is -0.478 e. The molecule has 0 saturated carbocycles. The average Bonchev–Trinajstić information content (AvgIpc) is 3.02. The summed E-state index contributed by atoms with van der Waals surface area (Å²) in [5.74, 6) is -2.41. The van der Waals surface area contributed by atoms with E-state index in [0.717, 1.165) is 44.3 Å². The van der Waals surface area contributed by atoms with Crippen LogP contribution in [0.15, 0.2) is 12.2 Å². The van der Waals surface area contributed by atoms with Gasteiger partial charge in [-0.15, -0.1) is 0 Å². The Bertz CT molecular complexity index is 897. The first-order valence-corrected chi connectivity index (χ1v) is 18.7. The Morgan fingerprint density at radius 3 is 1.65 bits per heavy atom. The summed E-state index contributed by atoms with van der Waals surface area (Å²) in [6.07, 6.45) is 20.3. The molecular formula is C33H60NO11P. The normalized spacial score (nSPS) is 13.4. The molecule has 0 aliphatic carbocycles. The zero-order valence-corrected chi connectivity index (χ0v) is 28.9. The molecule has 13 heteroatoms. The van der Waals surface area contributed by atoms with Crippen molar-refractivity contribution in [2.75, 3.05) is 26.4 Å². The number of carbonyl (C=O) groups is 4. The fourth-order valence-corrected chi connectivity index (χ4v) is 5.40. The van der Waals surface area contributed by atoms with E-state index in [4.69, 9.17) is 29.4 Å². The molecule has 2 atom stereocenters. The van der Waals surface area contributed by atoms with Crippen LogP contribution in [0, 0.1) is 0 Å². The first-order chi connectivity index (χ1) is 22.1. The molecule has 12 nitrogen and oxygen atoms in total. The molecule has 0 aliphatic heterocycles. The Kier molecular flexibility index (Phi) is 28.9. The number of ether oxygens (including phenoxy) is 2. The lowest BCUT2D eigenvalue weighted by Crippen LogP contribution is -2.29. The van der Waals surface area contributed by atoms with Gasteiger partial charge in [-0.1, -0.05) is 103 Å². The summed E-state index contributed by atoms with van der Waals surface area (Å²) in [6, 6.07) is 0. The van der Waals surface area contributed by atoms with Crippen LogP contribution < -0.4 is 5.73 Å². The Labute approximate surface area is 275 Å². The van der Waals surface area contributed by atoms with Crippen molar-refractivity contribution >= 4 is 31.5 Å². The molecule has 0 aromatic carbocycles. The highest BCUT2D eigenvalue weighted by Crippen LogP contribution is 2.43. The van der Waals surface area contributed by atoms with E-state index in [1.54, 1.807) is 0 Å². The smallest absolute Gasteiger partial charge is 0.472 e. The fraction of sp³-hybridized carbons (Fsp3) is 0.818. The molecule has 0 aliphatic rings. The van der Waals surface area contributed by atoms with Gasteiger partial charge in [0.15, 0.2) is 11.9 Å². The summed E-state index contributed by atoms with van der Waals surface area (Å²) in [5, 5.41) is 8.54. The second-order valence-electron chi connectivity index (χ2n) is 11.6. The summed E-state index contributed by atoms with van der Waals surface area (Å²) >= 11 is 0. The molecule has 2 unspecified atom stereocenters. The number of phosphoric acid groups is 1. The van der Waals surface area contributed by atoms with Crippen molar-refractivity contribution in [2.45, 2.75) is 148 Å². The molecule has 0 rings (SSSR count). The van der Waals surface area contributed by atoms with Crippen LogP contribution in [-0.4, -0.2) is 66.2 Å². The van der Waals surface area contributed by atoms with Crippen LogP contribution >= 0.6 is 7.82 Å². The van der Waals surface area contributed by atoms with Crippen LogP contribution in [0.25, 0.3) is 0 Å². The van der Waals surface area contributed by atoms with Gasteiger partial charge in [0.25, 0.3) is 0 Å².